The van der Waals surface area contributed by atoms with Gasteiger partial charge in [0.1, 0.15) is 0 Å². The number of carbonyl (C=O) groups excluding carboxylic acids is 2. The van der Waals surface area contributed by atoms with Crippen molar-refractivity contribution in [1.29, 1.82) is 0 Å². The van der Waals surface area contributed by atoms with Crippen LogP contribution in [0.2, 0.25) is 0 Å². The summed E-state index contributed by atoms with van der Waals surface area (Å²) in [7, 11) is 0. The first-order valence-corrected chi connectivity index (χ1v) is 13.8. The van der Waals surface area contributed by atoms with Gasteiger partial charge >= 0.3 is 0 Å². The molecule has 0 aliphatic carbocycles. The molecule has 39 heavy (non-hydrogen) atoms. The molecule has 0 spiro atoms. The van der Waals surface area contributed by atoms with Crippen LogP contribution >= 0.6 is 15.9 Å². The number of carbonyl (C=O) groups is 2. The molecule has 1 aromatic heterocycles. The summed E-state index contributed by atoms with van der Waals surface area (Å²) in [5.74, 6) is 0.502. The molecule has 0 bridgehead atoms. The lowest BCUT2D eigenvalue weighted by atomic mass is 9.96. The SMILES string of the molecule is CC(NC(=O)c1ccccc1NC(=O)C1CCCN(Cc2nc(-c3cccc(Br)c3)no2)C1)c1ccccc1. The van der Waals surface area contributed by atoms with Crippen molar-refractivity contribution >= 4 is 33.4 Å². The van der Waals surface area contributed by atoms with Gasteiger partial charge in [-0.2, -0.15) is 4.98 Å². The molecule has 3 aromatic carbocycles. The van der Waals surface area contributed by atoms with E-state index in [1.165, 1.54) is 0 Å². The van der Waals surface area contributed by atoms with E-state index in [1.54, 1.807) is 18.2 Å². The molecule has 2 atom stereocenters. The van der Waals surface area contributed by atoms with E-state index in [4.69, 9.17) is 4.52 Å². The monoisotopic (exact) mass is 587 g/mol. The van der Waals surface area contributed by atoms with Crippen LogP contribution in [0.3, 0.4) is 0 Å². The molecular formula is C30H30BrN5O3. The van der Waals surface area contributed by atoms with Crippen LogP contribution < -0.4 is 10.6 Å². The normalized spacial score (nSPS) is 16.4. The van der Waals surface area contributed by atoms with Gasteiger partial charge in [-0.3, -0.25) is 14.5 Å². The highest BCUT2D eigenvalue weighted by Gasteiger charge is 2.28. The number of amides is 2. The molecular weight excluding hydrogens is 558 g/mol. The van der Waals surface area contributed by atoms with Gasteiger partial charge in [-0.25, -0.2) is 0 Å². The van der Waals surface area contributed by atoms with E-state index < -0.39 is 0 Å². The van der Waals surface area contributed by atoms with E-state index in [-0.39, 0.29) is 23.8 Å². The lowest BCUT2D eigenvalue weighted by Gasteiger charge is -2.31. The van der Waals surface area contributed by atoms with Crippen LogP contribution in [0.15, 0.2) is 87.9 Å². The molecule has 0 saturated carbocycles. The molecule has 2 amide bonds. The zero-order valence-electron chi connectivity index (χ0n) is 21.6. The van der Waals surface area contributed by atoms with E-state index in [0.29, 0.717) is 36.1 Å². The first kappa shape index (κ1) is 26.8. The summed E-state index contributed by atoms with van der Waals surface area (Å²) in [5.41, 5.74) is 2.83. The number of likely N-dealkylation sites (tertiary alicyclic amines) is 1. The lowest BCUT2D eigenvalue weighted by molar-refractivity contribution is -0.121. The zero-order valence-corrected chi connectivity index (χ0v) is 23.2. The first-order chi connectivity index (χ1) is 19.0. The van der Waals surface area contributed by atoms with Gasteiger partial charge in [-0.15, -0.1) is 0 Å². The maximum atomic E-state index is 13.3. The van der Waals surface area contributed by atoms with Gasteiger partial charge in [-0.1, -0.05) is 75.7 Å². The van der Waals surface area contributed by atoms with E-state index in [0.717, 1.165) is 35.0 Å². The van der Waals surface area contributed by atoms with Crippen LogP contribution in [0.1, 0.15) is 47.6 Å². The predicted molar refractivity (Wildman–Crippen MR) is 153 cm³/mol. The van der Waals surface area contributed by atoms with Crippen molar-refractivity contribution in [2.45, 2.75) is 32.4 Å². The van der Waals surface area contributed by atoms with Gasteiger partial charge in [0.05, 0.1) is 29.8 Å². The maximum absolute atomic E-state index is 13.3. The molecule has 200 valence electrons. The number of nitrogens with one attached hydrogen (secondary N) is 2. The summed E-state index contributed by atoms with van der Waals surface area (Å²) in [6.45, 7) is 3.83. The third-order valence-corrected chi connectivity index (χ3v) is 7.36. The fourth-order valence-corrected chi connectivity index (χ4v) is 5.19. The summed E-state index contributed by atoms with van der Waals surface area (Å²) < 4.78 is 6.44. The largest absolute Gasteiger partial charge is 0.345 e. The molecule has 2 heterocycles. The van der Waals surface area contributed by atoms with Crippen molar-refractivity contribution in [1.82, 2.24) is 20.4 Å². The van der Waals surface area contributed by atoms with Crippen LogP contribution in [-0.4, -0.2) is 39.9 Å². The Labute approximate surface area is 235 Å². The Bertz CT molecular complexity index is 1440. The number of nitrogens with zero attached hydrogens (tertiary/aromatic N) is 3. The number of halogens is 1. The minimum atomic E-state index is -0.231. The molecule has 8 nitrogen and oxygen atoms in total. The molecule has 0 radical (unpaired) electrons. The average Bonchev–Trinajstić information content (AvgIpc) is 3.42. The van der Waals surface area contributed by atoms with Gasteiger partial charge in [0.2, 0.25) is 17.6 Å². The van der Waals surface area contributed by atoms with Crippen LogP contribution in [0.5, 0.6) is 0 Å². The topological polar surface area (TPSA) is 100 Å². The summed E-state index contributed by atoms with van der Waals surface area (Å²) in [5, 5.41) is 10.2. The van der Waals surface area contributed by atoms with Crippen molar-refractivity contribution in [3.05, 3.63) is 100 Å². The Kier molecular flexibility index (Phi) is 8.48. The quantitative estimate of drug-likeness (QED) is 0.268. The Morgan fingerprint density at radius 1 is 1.08 bits per heavy atom. The van der Waals surface area contributed by atoms with Crippen molar-refractivity contribution in [2.24, 2.45) is 5.92 Å². The van der Waals surface area contributed by atoms with Gasteiger partial charge in [-0.05, 0) is 56.1 Å². The maximum Gasteiger partial charge on any atom is 0.253 e. The van der Waals surface area contributed by atoms with Crippen molar-refractivity contribution in [3.8, 4) is 11.4 Å². The molecule has 1 fully saturated rings. The van der Waals surface area contributed by atoms with E-state index in [1.807, 2.05) is 67.6 Å². The fraction of sp³-hybridized carbons (Fsp3) is 0.267. The molecule has 9 heteroatoms. The van der Waals surface area contributed by atoms with Crippen molar-refractivity contribution in [3.63, 3.8) is 0 Å². The highest BCUT2D eigenvalue weighted by molar-refractivity contribution is 9.10. The van der Waals surface area contributed by atoms with E-state index in [2.05, 4.69) is 41.6 Å². The smallest absolute Gasteiger partial charge is 0.253 e. The Morgan fingerprint density at radius 2 is 1.87 bits per heavy atom. The third kappa shape index (κ3) is 6.79. The van der Waals surface area contributed by atoms with Gasteiger partial charge in [0.25, 0.3) is 5.91 Å². The predicted octanol–water partition coefficient (Wildman–Crippen LogP) is 5.84. The zero-order chi connectivity index (χ0) is 27.2. The van der Waals surface area contributed by atoms with Gasteiger partial charge in [0, 0.05) is 16.6 Å². The van der Waals surface area contributed by atoms with Crippen LogP contribution in [0.4, 0.5) is 5.69 Å². The standard InChI is InChI=1S/C30H30BrN5O3/c1-20(21-9-3-2-4-10-21)32-30(38)25-14-5-6-15-26(25)33-29(37)23-12-8-16-36(18-23)19-27-34-28(35-39-27)22-11-7-13-24(31)17-22/h2-7,9-11,13-15,17,20,23H,8,12,16,18-19H2,1H3,(H,32,38)(H,33,37). The first-order valence-electron chi connectivity index (χ1n) is 13.0. The Hall–Kier alpha value is -3.82. The number of anilines is 1. The molecule has 2 N–H and O–H groups in total. The second-order valence-corrected chi connectivity index (χ2v) is 10.7. The van der Waals surface area contributed by atoms with Crippen molar-refractivity contribution in [2.75, 3.05) is 18.4 Å². The number of hydrogen-bond donors (Lipinski definition) is 2. The molecule has 5 rings (SSSR count). The molecule has 2 unspecified atom stereocenters. The average molecular weight is 589 g/mol. The Balaban J connectivity index is 1.20. The van der Waals surface area contributed by atoms with E-state index >= 15 is 0 Å². The van der Waals surface area contributed by atoms with E-state index in [9.17, 15) is 9.59 Å². The van der Waals surface area contributed by atoms with Crippen molar-refractivity contribution < 1.29 is 14.1 Å². The summed E-state index contributed by atoms with van der Waals surface area (Å²) in [4.78, 5) is 33.1. The van der Waals surface area contributed by atoms with Gasteiger partial charge in [0.15, 0.2) is 0 Å². The number of rotatable bonds is 8. The van der Waals surface area contributed by atoms with Crippen LogP contribution in [0.25, 0.3) is 11.4 Å². The number of para-hydroxylation sites is 1. The number of benzene rings is 3. The Morgan fingerprint density at radius 3 is 2.69 bits per heavy atom. The minimum Gasteiger partial charge on any atom is -0.345 e. The lowest BCUT2D eigenvalue weighted by Crippen LogP contribution is -2.40. The van der Waals surface area contributed by atoms with Crippen LogP contribution in [0, 0.1) is 5.92 Å². The van der Waals surface area contributed by atoms with Gasteiger partial charge < -0.3 is 15.2 Å². The van der Waals surface area contributed by atoms with Crippen LogP contribution in [-0.2, 0) is 11.3 Å². The molecule has 4 aromatic rings. The second kappa shape index (κ2) is 12.4. The number of aromatic nitrogens is 2. The molecule has 1 aliphatic heterocycles. The third-order valence-electron chi connectivity index (χ3n) is 6.86. The molecule has 1 aliphatic rings. The minimum absolute atomic E-state index is 0.101. The summed E-state index contributed by atoms with van der Waals surface area (Å²) in [6, 6.07) is 24.5. The number of piperidine rings is 1. The summed E-state index contributed by atoms with van der Waals surface area (Å²) >= 11 is 3.47. The highest BCUT2D eigenvalue weighted by atomic mass is 79.9. The fourth-order valence-electron chi connectivity index (χ4n) is 4.79. The molecule has 1 saturated heterocycles. The summed E-state index contributed by atoms with van der Waals surface area (Å²) in [6.07, 6.45) is 1.65. The second-order valence-electron chi connectivity index (χ2n) is 9.74. The highest BCUT2D eigenvalue weighted by Crippen LogP contribution is 2.24. The number of hydrogen-bond acceptors (Lipinski definition) is 6.